The fourth-order valence-corrected chi connectivity index (χ4v) is 7.13. The lowest BCUT2D eigenvalue weighted by molar-refractivity contribution is 0.0697. The van der Waals surface area contributed by atoms with Crippen LogP contribution < -0.4 is 11.1 Å². The van der Waals surface area contributed by atoms with Crippen molar-refractivity contribution in [3.63, 3.8) is 0 Å². The van der Waals surface area contributed by atoms with Gasteiger partial charge in [0.1, 0.15) is 5.69 Å². The van der Waals surface area contributed by atoms with Crippen LogP contribution in [0.2, 0.25) is 5.02 Å². The van der Waals surface area contributed by atoms with Crippen molar-refractivity contribution in [2.75, 3.05) is 19.6 Å². The van der Waals surface area contributed by atoms with Crippen molar-refractivity contribution in [3.05, 3.63) is 52.6 Å². The third kappa shape index (κ3) is 4.46. The number of aliphatic hydroxyl groups is 1. The molecule has 1 aromatic carbocycles. The highest BCUT2D eigenvalue weighted by molar-refractivity contribution is 7.94. The molecule has 35 heavy (non-hydrogen) atoms. The van der Waals surface area contributed by atoms with E-state index in [0.29, 0.717) is 24.4 Å². The minimum atomic E-state index is -3.80. The van der Waals surface area contributed by atoms with Gasteiger partial charge in [0.05, 0.1) is 21.8 Å². The molecular weight excluding hydrogens is 494 g/mol. The Kier molecular flexibility index (Phi) is 6.73. The van der Waals surface area contributed by atoms with E-state index in [2.05, 4.69) is 10.3 Å². The van der Waals surface area contributed by atoms with Crippen molar-refractivity contribution in [3.8, 4) is 0 Å². The SMILES string of the molecule is CC(C)([C@H](O)CN)S(=O)(=O)C1(CN2CCn3c(cnc3C(=O)NCc3ccc(Cl)cc3)C2=O)CC1. The maximum absolute atomic E-state index is 13.4. The number of carbonyl (C=O) groups is 2. The summed E-state index contributed by atoms with van der Waals surface area (Å²) >= 11 is 5.89. The van der Waals surface area contributed by atoms with Gasteiger partial charge in [-0.1, -0.05) is 23.7 Å². The molecule has 1 aliphatic carbocycles. The molecule has 4 N–H and O–H groups in total. The van der Waals surface area contributed by atoms with E-state index in [9.17, 15) is 23.1 Å². The number of sulfone groups is 1. The first kappa shape index (κ1) is 25.6. The molecule has 4 rings (SSSR count). The summed E-state index contributed by atoms with van der Waals surface area (Å²) < 4.78 is 25.9. The predicted molar refractivity (Wildman–Crippen MR) is 131 cm³/mol. The average Bonchev–Trinajstić information content (AvgIpc) is 3.50. The number of rotatable bonds is 9. The van der Waals surface area contributed by atoms with Gasteiger partial charge in [0.2, 0.25) is 0 Å². The highest BCUT2D eigenvalue weighted by Gasteiger charge is 2.62. The largest absolute Gasteiger partial charge is 0.390 e. The third-order valence-corrected chi connectivity index (χ3v) is 10.7. The monoisotopic (exact) mass is 523 g/mol. The number of hydrogen-bond donors (Lipinski definition) is 3. The maximum Gasteiger partial charge on any atom is 0.287 e. The van der Waals surface area contributed by atoms with E-state index in [4.69, 9.17) is 17.3 Å². The van der Waals surface area contributed by atoms with Crippen LogP contribution in [0.1, 0.15) is 53.4 Å². The molecule has 0 unspecified atom stereocenters. The van der Waals surface area contributed by atoms with Crippen LogP contribution in [-0.2, 0) is 22.9 Å². The summed E-state index contributed by atoms with van der Waals surface area (Å²) in [6.07, 6.45) is 0.967. The lowest BCUT2D eigenvalue weighted by atomic mass is 10.1. The van der Waals surface area contributed by atoms with Crippen LogP contribution in [0, 0.1) is 0 Å². The first-order valence-electron chi connectivity index (χ1n) is 11.4. The number of halogens is 1. The molecule has 0 saturated heterocycles. The first-order valence-corrected chi connectivity index (χ1v) is 13.3. The predicted octanol–water partition coefficient (Wildman–Crippen LogP) is 0.968. The number of aliphatic hydroxyl groups excluding tert-OH is 1. The molecule has 2 aromatic rings. The minimum Gasteiger partial charge on any atom is -0.390 e. The molecule has 1 atom stereocenters. The van der Waals surface area contributed by atoms with Crippen LogP contribution in [0.15, 0.2) is 30.5 Å². The number of amides is 2. The van der Waals surface area contributed by atoms with Crippen molar-refractivity contribution >= 4 is 33.3 Å². The molecule has 2 heterocycles. The number of benzene rings is 1. The molecule has 12 heteroatoms. The molecule has 10 nitrogen and oxygen atoms in total. The van der Waals surface area contributed by atoms with Crippen molar-refractivity contribution in [1.82, 2.24) is 19.8 Å². The highest BCUT2D eigenvalue weighted by atomic mass is 35.5. The van der Waals surface area contributed by atoms with Crippen molar-refractivity contribution in [1.29, 1.82) is 0 Å². The fraction of sp³-hybridized carbons (Fsp3) is 0.522. The minimum absolute atomic E-state index is 0.0260. The Labute approximate surface area is 209 Å². The Bertz CT molecular complexity index is 1240. The van der Waals surface area contributed by atoms with E-state index in [1.807, 2.05) is 0 Å². The molecule has 0 bridgehead atoms. The number of aromatic nitrogens is 2. The summed E-state index contributed by atoms with van der Waals surface area (Å²) in [6, 6.07) is 7.08. The molecular formula is C23H30ClN5O5S. The van der Waals surface area contributed by atoms with E-state index in [0.717, 1.165) is 5.56 Å². The van der Waals surface area contributed by atoms with Gasteiger partial charge in [-0.05, 0) is 44.4 Å². The summed E-state index contributed by atoms with van der Waals surface area (Å²) in [4.78, 5) is 31.6. The van der Waals surface area contributed by atoms with Gasteiger partial charge in [0, 0.05) is 37.7 Å². The fourth-order valence-electron chi connectivity index (χ4n) is 4.47. The van der Waals surface area contributed by atoms with Gasteiger partial charge in [-0.3, -0.25) is 9.59 Å². The molecule has 2 aliphatic rings. The second-order valence-corrected chi connectivity index (χ2v) is 13.1. The number of imidazole rings is 1. The lowest BCUT2D eigenvalue weighted by Crippen LogP contribution is -2.56. The van der Waals surface area contributed by atoms with E-state index < -0.39 is 31.3 Å². The van der Waals surface area contributed by atoms with Crippen LogP contribution in [-0.4, -0.2) is 75.0 Å². The van der Waals surface area contributed by atoms with Gasteiger partial charge in [0.15, 0.2) is 15.7 Å². The van der Waals surface area contributed by atoms with E-state index in [1.54, 1.807) is 28.8 Å². The Morgan fingerprint density at radius 3 is 2.54 bits per heavy atom. The molecule has 2 amide bonds. The molecule has 0 radical (unpaired) electrons. The molecule has 0 spiro atoms. The molecule has 1 saturated carbocycles. The number of fused-ring (bicyclic) bond motifs is 1. The highest BCUT2D eigenvalue weighted by Crippen LogP contribution is 2.49. The summed E-state index contributed by atoms with van der Waals surface area (Å²) in [5.74, 6) is -0.659. The molecule has 1 aromatic heterocycles. The Morgan fingerprint density at radius 2 is 1.94 bits per heavy atom. The van der Waals surface area contributed by atoms with Gasteiger partial charge in [-0.2, -0.15) is 0 Å². The first-order chi connectivity index (χ1) is 16.4. The molecule has 1 fully saturated rings. The summed E-state index contributed by atoms with van der Waals surface area (Å²) in [5.41, 5.74) is 6.65. The number of carbonyl (C=O) groups excluding carboxylic acids is 2. The standard InChI is InChI=1S/C23H30ClN5O5S/c1-22(2,18(30)11-25)35(33,34)23(7-8-23)14-28-9-10-29-17(21(28)32)13-26-19(29)20(31)27-12-15-3-5-16(24)6-4-15/h3-6,13,18,30H,7-12,14,25H2,1-2H3,(H,27,31)/t18-/m1/s1. The van der Waals surface area contributed by atoms with Crippen LogP contribution in [0.5, 0.6) is 0 Å². The number of nitrogens with two attached hydrogens (primary N) is 1. The van der Waals surface area contributed by atoms with Crippen LogP contribution in [0.25, 0.3) is 0 Å². The third-order valence-electron chi connectivity index (χ3n) is 7.10. The smallest absolute Gasteiger partial charge is 0.287 e. The Morgan fingerprint density at radius 1 is 1.29 bits per heavy atom. The number of hydrogen-bond acceptors (Lipinski definition) is 7. The Hall–Kier alpha value is -2.47. The van der Waals surface area contributed by atoms with E-state index in [-0.39, 0.29) is 43.6 Å². The zero-order chi connectivity index (χ0) is 25.6. The van der Waals surface area contributed by atoms with Gasteiger partial charge in [-0.15, -0.1) is 0 Å². The van der Waals surface area contributed by atoms with Gasteiger partial charge in [0.25, 0.3) is 11.8 Å². The van der Waals surface area contributed by atoms with Crippen molar-refractivity contribution < 1.29 is 23.1 Å². The van der Waals surface area contributed by atoms with E-state index in [1.165, 1.54) is 24.9 Å². The van der Waals surface area contributed by atoms with Crippen LogP contribution in [0.4, 0.5) is 0 Å². The van der Waals surface area contributed by atoms with Gasteiger partial charge >= 0.3 is 0 Å². The quantitative estimate of drug-likeness (QED) is 0.443. The average molecular weight is 524 g/mol. The van der Waals surface area contributed by atoms with Gasteiger partial charge in [-0.25, -0.2) is 13.4 Å². The number of nitrogens with one attached hydrogen (secondary N) is 1. The second-order valence-electron chi connectivity index (χ2n) is 9.70. The second kappa shape index (κ2) is 9.20. The van der Waals surface area contributed by atoms with Crippen molar-refractivity contribution in [2.45, 2.75) is 55.4 Å². The Balaban J connectivity index is 1.47. The maximum atomic E-state index is 13.4. The zero-order valence-electron chi connectivity index (χ0n) is 19.7. The summed E-state index contributed by atoms with van der Waals surface area (Å²) in [7, 11) is -3.80. The molecule has 1 aliphatic heterocycles. The van der Waals surface area contributed by atoms with Crippen LogP contribution in [0.3, 0.4) is 0 Å². The zero-order valence-corrected chi connectivity index (χ0v) is 21.3. The van der Waals surface area contributed by atoms with E-state index >= 15 is 0 Å². The van der Waals surface area contributed by atoms with Gasteiger partial charge < -0.3 is 25.6 Å². The van der Waals surface area contributed by atoms with Crippen LogP contribution >= 0.6 is 11.6 Å². The summed E-state index contributed by atoms with van der Waals surface area (Å²) in [5, 5.41) is 13.6. The topological polar surface area (TPSA) is 148 Å². The summed E-state index contributed by atoms with van der Waals surface area (Å²) in [6.45, 7) is 3.64. The number of nitrogens with zero attached hydrogens (tertiary/aromatic N) is 3. The lowest BCUT2D eigenvalue weighted by Gasteiger charge is -2.37. The molecule has 190 valence electrons. The van der Waals surface area contributed by atoms with Crippen molar-refractivity contribution in [2.24, 2.45) is 5.73 Å². The normalized spacial score (nSPS) is 18.2.